The maximum Gasteiger partial charge on any atom is 0.267 e. The van der Waals surface area contributed by atoms with E-state index in [2.05, 4.69) is 4.90 Å². The van der Waals surface area contributed by atoms with Crippen molar-refractivity contribution in [1.82, 2.24) is 9.47 Å². The van der Waals surface area contributed by atoms with Gasteiger partial charge in [-0.2, -0.15) is 0 Å². The first-order valence-electron chi connectivity index (χ1n) is 10.9. The maximum absolute atomic E-state index is 12.9. The van der Waals surface area contributed by atoms with Crippen molar-refractivity contribution in [3.8, 4) is 5.75 Å². The van der Waals surface area contributed by atoms with Crippen molar-refractivity contribution in [2.24, 2.45) is 5.73 Å². The molecule has 4 rings (SSSR count). The van der Waals surface area contributed by atoms with E-state index in [1.807, 2.05) is 32.0 Å². The van der Waals surface area contributed by atoms with E-state index in [0.29, 0.717) is 16.9 Å². The molecule has 0 unspecified atom stereocenters. The van der Waals surface area contributed by atoms with E-state index in [0.717, 1.165) is 57.6 Å². The van der Waals surface area contributed by atoms with E-state index in [-0.39, 0.29) is 23.3 Å². The number of nitrogens with two attached hydrogens (primary N) is 1. The van der Waals surface area contributed by atoms with E-state index in [1.54, 1.807) is 4.57 Å². The fourth-order valence-corrected chi connectivity index (χ4v) is 5.24. The molecule has 1 aromatic carbocycles. The molecule has 1 aliphatic heterocycles. The Morgan fingerprint density at radius 1 is 1.17 bits per heavy atom. The molecule has 2 fully saturated rings. The number of hydrogen-bond acceptors (Lipinski definition) is 5. The van der Waals surface area contributed by atoms with Gasteiger partial charge in [-0.05, 0) is 57.1 Å². The van der Waals surface area contributed by atoms with Gasteiger partial charge in [-0.3, -0.25) is 14.5 Å². The van der Waals surface area contributed by atoms with Crippen LogP contribution in [0.15, 0.2) is 23.0 Å². The van der Waals surface area contributed by atoms with E-state index in [4.69, 9.17) is 10.5 Å². The third-order valence-electron chi connectivity index (χ3n) is 6.70. The number of amides is 1. The minimum absolute atomic E-state index is 0.161. The van der Waals surface area contributed by atoms with Crippen molar-refractivity contribution in [2.45, 2.75) is 57.5 Å². The van der Waals surface area contributed by atoms with Crippen molar-refractivity contribution >= 4 is 16.8 Å². The van der Waals surface area contributed by atoms with Crippen LogP contribution in [0.2, 0.25) is 0 Å². The van der Waals surface area contributed by atoms with Gasteiger partial charge < -0.3 is 20.1 Å². The van der Waals surface area contributed by atoms with Crippen LogP contribution in [0, 0.1) is 0 Å². The zero-order chi connectivity index (χ0) is 21.4. The fourth-order valence-electron chi connectivity index (χ4n) is 5.24. The summed E-state index contributed by atoms with van der Waals surface area (Å²) in [6.07, 6.45) is 4.20. The summed E-state index contributed by atoms with van der Waals surface area (Å²) in [5.74, 6) is -0.888. The minimum atomic E-state index is -0.889. The van der Waals surface area contributed by atoms with E-state index < -0.39 is 11.5 Å². The number of pyridine rings is 1. The number of nitrogens with zero attached hydrogens (tertiary/aromatic N) is 2. The zero-order valence-electron chi connectivity index (χ0n) is 17.8. The molecule has 7 nitrogen and oxygen atoms in total. The molecule has 162 valence electrons. The maximum atomic E-state index is 12.9. The molecule has 7 heteroatoms. The van der Waals surface area contributed by atoms with Gasteiger partial charge in [0.2, 0.25) is 0 Å². The van der Waals surface area contributed by atoms with Crippen LogP contribution in [-0.2, 0) is 4.74 Å². The molecular weight excluding hydrogens is 382 g/mol. The molecular formula is C23H31N3O4. The van der Waals surface area contributed by atoms with Crippen LogP contribution in [0.5, 0.6) is 5.75 Å². The summed E-state index contributed by atoms with van der Waals surface area (Å²) >= 11 is 0. The minimum Gasteiger partial charge on any atom is -0.506 e. The van der Waals surface area contributed by atoms with E-state index in [1.165, 1.54) is 0 Å². The third kappa shape index (κ3) is 3.61. The van der Waals surface area contributed by atoms with Gasteiger partial charge in [-0.15, -0.1) is 0 Å². The Morgan fingerprint density at radius 3 is 2.43 bits per heavy atom. The number of aromatic nitrogens is 1. The van der Waals surface area contributed by atoms with Crippen LogP contribution in [0.1, 0.15) is 67.4 Å². The molecule has 2 aromatic rings. The largest absolute Gasteiger partial charge is 0.506 e. The second-order valence-corrected chi connectivity index (χ2v) is 8.75. The molecule has 3 N–H and O–H groups in total. The summed E-state index contributed by atoms with van der Waals surface area (Å²) < 4.78 is 7.05. The summed E-state index contributed by atoms with van der Waals surface area (Å²) in [4.78, 5) is 27.4. The lowest BCUT2D eigenvalue weighted by molar-refractivity contribution is 0.00732. The van der Waals surface area contributed by atoms with Gasteiger partial charge in [-0.1, -0.05) is 12.1 Å². The topological polar surface area (TPSA) is 97.8 Å². The fraction of sp³-hybridized carbons (Fsp3) is 0.565. The molecule has 1 saturated carbocycles. The van der Waals surface area contributed by atoms with Gasteiger partial charge in [-0.25, -0.2) is 0 Å². The molecule has 0 radical (unpaired) electrons. The van der Waals surface area contributed by atoms with Crippen LogP contribution < -0.4 is 11.3 Å². The number of carbonyl (C=O) groups excluding carboxylic acids is 1. The number of rotatable bonds is 4. The smallest absolute Gasteiger partial charge is 0.267 e. The molecule has 1 saturated heterocycles. The predicted molar refractivity (Wildman–Crippen MR) is 116 cm³/mol. The quantitative estimate of drug-likeness (QED) is 0.803. The van der Waals surface area contributed by atoms with Crippen molar-refractivity contribution in [3.63, 3.8) is 0 Å². The summed E-state index contributed by atoms with van der Waals surface area (Å²) in [5.41, 5.74) is 6.29. The number of aromatic hydroxyl groups is 1. The highest BCUT2D eigenvalue weighted by Gasteiger charge is 2.30. The molecule has 2 aliphatic rings. The molecule has 1 aliphatic carbocycles. The van der Waals surface area contributed by atoms with Crippen molar-refractivity contribution in [2.75, 3.05) is 26.3 Å². The SMILES string of the molecule is CC(C)n1c(=O)c(C(N)=O)c(O)c2c(C3CCC(N4CCOCC4)CC3)cccc21. The summed E-state index contributed by atoms with van der Waals surface area (Å²) in [6.45, 7) is 7.38. The summed E-state index contributed by atoms with van der Waals surface area (Å²) in [6, 6.07) is 6.20. The van der Waals surface area contributed by atoms with Gasteiger partial charge in [0, 0.05) is 30.6 Å². The highest BCUT2D eigenvalue weighted by atomic mass is 16.5. The molecule has 0 spiro atoms. The number of benzene rings is 1. The zero-order valence-corrected chi connectivity index (χ0v) is 17.8. The van der Waals surface area contributed by atoms with Crippen LogP contribution in [0.4, 0.5) is 0 Å². The Hall–Kier alpha value is -2.38. The Bertz CT molecular complexity index is 1000. The second-order valence-electron chi connectivity index (χ2n) is 8.75. The Kier molecular flexibility index (Phi) is 5.84. The normalized spacial score (nSPS) is 23.2. The molecule has 30 heavy (non-hydrogen) atoms. The van der Waals surface area contributed by atoms with Gasteiger partial charge >= 0.3 is 0 Å². The molecule has 2 heterocycles. The first-order valence-corrected chi connectivity index (χ1v) is 10.9. The van der Waals surface area contributed by atoms with Gasteiger partial charge in [0.15, 0.2) is 0 Å². The lowest BCUT2D eigenvalue weighted by atomic mass is 9.79. The number of fused-ring (bicyclic) bond motifs is 1. The van der Waals surface area contributed by atoms with Gasteiger partial charge in [0.05, 0.1) is 18.7 Å². The average Bonchev–Trinajstić information content (AvgIpc) is 2.73. The van der Waals surface area contributed by atoms with E-state index >= 15 is 0 Å². The lowest BCUT2D eigenvalue weighted by Crippen LogP contribution is -2.44. The summed E-state index contributed by atoms with van der Waals surface area (Å²) in [7, 11) is 0. The number of ether oxygens (including phenoxy) is 1. The average molecular weight is 414 g/mol. The molecule has 1 amide bonds. The second kappa shape index (κ2) is 8.40. The monoisotopic (exact) mass is 413 g/mol. The van der Waals surface area contributed by atoms with Gasteiger partial charge in [0.1, 0.15) is 11.3 Å². The highest BCUT2D eigenvalue weighted by molar-refractivity contribution is 6.02. The first-order chi connectivity index (χ1) is 14.4. The third-order valence-corrected chi connectivity index (χ3v) is 6.70. The van der Waals surface area contributed by atoms with Crippen molar-refractivity contribution < 1.29 is 14.6 Å². The van der Waals surface area contributed by atoms with Crippen LogP contribution >= 0.6 is 0 Å². The number of carbonyl (C=O) groups is 1. The number of primary amides is 1. The van der Waals surface area contributed by atoms with E-state index in [9.17, 15) is 14.7 Å². The molecule has 1 aromatic heterocycles. The van der Waals surface area contributed by atoms with Crippen molar-refractivity contribution in [3.05, 3.63) is 39.7 Å². The Morgan fingerprint density at radius 2 is 1.83 bits per heavy atom. The van der Waals surface area contributed by atoms with Crippen LogP contribution in [0.25, 0.3) is 10.9 Å². The van der Waals surface area contributed by atoms with Crippen molar-refractivity contribution in [1.29, 1.82) is 0 Å². The lowest BCUT2D eigenvalue weighted by Gasteiger charge is -2.39. The number of morpholine rings is 1. The Labute approximate surface area is 176 Å². The molecule has 0 atom stereocenters. The summed E-state index contributed by atoms with van der Waals surface area (Å²) in [5, 5.41) is 11.5. The van der Waals surface area contributed by atoms with Crippen LogP contribution in [-0.4, -0.2) is 52.8 Å². The Balaban J connectivity index is 1.73. The van der Waals surface area contributed by atoms with Gasteiger partial charge in [0.25, 0.3) is 11.5 Å². The molecule has 0 bridgehead atoms. The standard InChI is InChI=1S/C23H31N3O4/c1-14(2)26-18-5-3-4-17(19(18)21(27)20(22(24)28)23(26)29)15-6-8-16(9-7-15)25-10-12-30-13-11-25/h3-5,14-16,27H,6-13H2,1-2H3,(H2,24,28). The first kappa shape index (κ1) is 20.9. The predicted octanol–water partition coefficient (Wildman–Crippen LogP) is 2.75. The highest BCUT2D eigenvalue weighted by Crippen LogP contribution is 2.41. The van der Waals surface area contributed by atoms with Crippen LogP contribution in [0.3, 0.4) is 0 Å². The number of hydrogen-bond donors (Lipinski definition) is 2.